The minimum absolute atomic E-state index is 0.0293. The van der Waals surface area contributed by atoms with Gasteiger partial charge in [0.1, 0.15) is 10.7 Å². The predicted molar refractivity (Wildman–Crippen MR) is 77.9 cm³/mol. The average molecular weight is 294 g/mol. The van der Waals surface area contributed by atoms with Crippen LogP contribution in [-0.2, 0) is 10.0 Å². The van der Waals surface area contributed by atoms with Crippen molar-refractivity contribution in [3.05, 3.63) is 53.8 Å². The summed E-state index contributed by atoms with van der Waals surface area (Å²) in [5.41, 5.74) is 0.947. The molecule has 2 rings (SSSR count). The Balaban J connectivity index is 2.47. The third-order valence-corrected chi connectivity index (χ3v) is 4.31. The monoisotopic (exact) mass is 294 g/mol. The molecule has 2 N–H and O–H groups in total. The molecule has 2 aromatic carbocycles. The van der Waals surface area contributed by atoms with E-state index in [-0.39, 0.29) is 10.6 Å². The lowest BCUT2D eigenvalue weighted by atomic mass is 10.2. The largest absolute Gasteiger partial charge is 0.387 e. The van der Waals surface area contributed by atoms with Crippen molar-refractivity contribution in [1.82, 2.24) is 0 Å². The van der Waals surface area contributed by atoms with E-state index < -0.39 is 15.8 Å². The zero-order valence-corrected chi connectivity index (χ0v) is 12.0. The van der Waals surface area contributed by atoms with Crippen LogP contribution >= 0.6 is 0 Å². The Hall–Kier alpha value is -2.08. The van der Waals surface area contributed by atoms with Crippen LogP contribution < -0.4 is 10.0 Å². The molecule has 0 saturated heterocycles. The van der Waals surface area contributed by atoms with E-state index in [0.717, 1.165) is 0 Å². The first-order valence-corrected chi connectivity index (χ1v) is 7.49. The van der Waals surface area contributed by atoms with Crippen molar-refractivity contribution in [3.63, 3.8) is 0 Å². The van der Waals surface area contributed by atoms with Crippen LogP contribution in [0.15, 0.2) is 47.4 Å². The number of halogens is 1. The quantitative estimate of drug-likeness (QED) is 0.911. The molecule has 0 aromatic heterocycles. The van der Waals surface area contributed by atoms with Gasteiger partial charge in [0, 0.05) is 7.05 Å². The summed E-state index contributed by atoms with van der Waals surface area (Å²) in [6.45, 7) is 1.64. The molecule has 2 aromatic rings. The van der Waals surface area contributed by atoms with Crippen molar-refractivity contribution >= 4 is 21.4 Å². The second-order valence-electron chi connectivity index (χ2n) is 4.28. The molecule has 106 valence electrons. The molecule has 0 radical (unpaired) electrons. The molecule has 0 aliphatic rings. The van der Waals surface area contributed by atoms with E-state index >= 15 is 0 Å². The van der Waals surface area contributed by atoms with E-state index in [4.69, 9.17) is 0 Å². The number of para-hydroxylation sites is 2. The zero-order chi connectivity index (χ0) is 14.8. The fourth-order valence-electron chi connectivity index (χ4n) is 1.86. The molecule has 0 aliphatic heterocycles. The number of aryl methyl sites for hydroxylation is 1. The Bertz CT molecular complexity index is 709. The topological polar surface area (TPSA) is 58.2 Å². The summed E-state index contributed by atoms with van der Waals surface area (Å²) in [5, 5.41) is 2.80. The zero-order valence-electron chi connectivity index (χ0n) is 11.1. The highest BCUT2D eigenvalue weighted by molar-refractivity contribution is 7.92. The standard InChI is InChI=1S/C14H15FN2O2S/c1-10-6-5-7-11(15)14(10)17-20(18,19)13-9-4-3-8-12(13)16-2/h3-9,16-17H,1-2H3. The van der Waals surface area contributed by atoms with Crippen LogP contribution in [0.25, 0.3) is 0 Å². The molecule has 0 saturated carbocycles. The number of nitrogens with one attached hydrogen (secondary N) is 2. The molecule has 0 spiro atoms. The maximum absolute atomic E-state index is 13.7. The van der Waals surface area contributed by atoms with Crippen LogP contribution in [0.3, 0.4) is 0 Å². The lowest BCUT2D eigenvalue weighted by Crippen LogP contribution is -2.16. The number of sulfonamides is 1. The first kappa shape index (κ1) is 14.3. The highest BCUT2D eigenvalue weighted by Crippen LogP contribution is 2.26. The molecular weight excluding hydrogens is 279 g/mol. The van der Waals surface area contributed by atoms with Gasteiger partial charge in [-0.15, -0.1) is 0 Å². The van der Waals surface area contributed by atoms with Crippen molar-refractivity contribution in [2.24, 2.45) is 0 Å². The number of benzene rings is 2. The Kier molecular flexibility index (Phi) is 3.94. The summed E-state index contributed by atoms with van der Waals surface area (Å²) in [7, 11) is -2.23. The number of hydrogen-bond donors (Lipinski definition) is 2. The van der Waals surface area contributed by atoms with Crippen LogP contribution in [0.1, 0.15) is 5.56 Å². The molecule has 4 nitrogen and oxygen atoms in total. The van der Waals surface area contributed by atoms with Gasteiger partial charge in [0.15, 0.2) is 0 Å². The summed E-state index contributed by atoms with van der Waals surface area (Å²) in [4.78, 5) is 0.0742. The molecule has 0 unspecified atom stereocenters. The van der Waals surface area contributed by atoms with E-state index in [0.29, 0.717) is 11.3 Å². The van der Waals surface area contributed by atoms with Crippen LogP contribution in [-0.4, -0.2) is 15.5 Å². The number of anilines is 2. The summed E-state index contributed by atoms with van der Waals surface area (Å²) >= 11 is 0. The normalized spacial score (nSPS) is 11.2. The van der Waals surface area contributed by atoms with Crippen LogP contribution in [0.5, 0.6) is 0 Å². The Morgan fingerprint density at radius 1 is 1.05 bits per heavy atom. The van der Waals surface area contributed by atoms with Crippen molar-refractivity contribution < 1.29 is 12.8 Å². The average Bonchev–Trinajstić information content (AvgIpc) is 2.43. The molecule has 0 fully saturated rings. The molecule has 0 heterocycles. The Morgan fingerprint density at radius 2 is 1.75 bits per heavy atom. The molecule has 6 heteroatoms. The van der Waals surface area contributed by atoms with Crippen molar-refractivity contribution in [2.45, 2.75) is 11.8 Å². The molecule has 20 heavy (non-hydrogen) atoms. The smallest absolute Gasteiger partial charge is 0.264 e. The Morgan fingerprint density at radius 3 is 2.40 bits per heavy atom. The van der Waals surface area contributed by atoms with Gasteiger partial charge < -0.3 is 5.32 Å². The summed E-state index contributed by atoms with van der Waals surface area (Å²) < 4.78 is 40.8. The minimum atomic E-state index is -3.85. The van der Waals surface area contributed by atoms with E-state index in [1.807, 2.05) is 0 Å². The first-order valence-electron chi connectivity index (χ1n) is 6.00. The Labute approximate surface area is 117 Å². The summed E-state index contributed by atoms with van der Waals surface area (Å²) in [5.74, 6) is -0.601. The SMILES string of the molecule is CNc1ccccc1S(=O)(=O)Nc1c(C)cccc1F. The second kappa shape index (κ2) is 5.50. The van der Waals surface area contributed by atoms with Crippen molar-refractivity contribution in [2.75, 3.05) is 17.1 Å². The highest BCUT2D eigenvalue weighted by Gasteiger charge is 2.20. The molecular formula is C14H15FN2O2S. The van der Waals surface area contributed by atoms with Gasteiger partial charge in [0.2, 0.25) is 0 Å². The van der Waals surface area contributed by atoms with Crippen molar-refractivity contribution in [3.8, 4) is 0 Å². The maximum Gasteiger partial charge on any atom is 0.264 e. The highest BCUT2D eigenvalue weighted by atomic mass is 32.2. The van der Waals surface area contributed by atoms with E-state index in [1.54, 1.807) is 38.2 Å². The van der Waals surface area contributed by atoms with Gasteiger partial charge in [-0.2, -0.15) is 0 Å². The summed E-state index contributed by atoms with van der Waals surface area (Å²) in [6.07, 6.45) is 0. The van der Waals surface area contributed by atoms with E-state index in [9.17, 15) is 12.8 Å². The predicted octanol–water partition coefficient (Wildman–Crippen LogP) is 2.98. The summed E-state index contributed by atoms with van der Waals surface area (Å²) in [6, 6.07) is 10.8. The molecule has 0 atom stereocenters. The number of rotatable bonds is 4. The number of hydrogen-bond acceptors (Lipinski definition) is 3. The third-order valence-electron chi connectivity index (χ3n) is 2.90. The van der Waals surface area contributed by atoms with Crippen LogP contribution in [0.4, 0.5) is 15.8 Å². The van der Waals surface area contributed by atoms with Crippen molar-refractivity contribution in [1.29, 1.82) is 0 Å². The fraction of sp³-hybridized carbons (Fsp3) is 0.143. The van der Waals surface area contributed by atoms with Crippen LogP contribution in [0.2, 0.25) is 0 Å². The maximum atomic E-state index is 13.7. The van der Waals surface area contributed by atoms with E-state index in [2.05, 4.69) is 10.0 Å². The second-order valence-corrected chi connectivity index (χ2v) is 5.93. The van der Waals surface area contributed by atoms with Gasteiger partial charge in [0.05, 0.1) is 11.4 Å². The van der Waals surface area contributed by atoms with Gasteiger partial charge in [-0.05, 0) is 30.7 Å². The van der Waals surface area contributed by atoms with Gasteiger partial charge in [-0.25, -0.2) is 12.8 Å². The first-order chi connectivity index (χ1) is 9.45. The van der Waals surface area contributed by atoms with Gasteiger partial charge in [-0.1, -0.05) is 24.3 Å². The lowest BCUT2D eigenvalue weighted by molar-refractivity contribution is 0.598. The van der Waals surface area contributed by atoms with Gasteiger partial charge in [-0.3, -0.25) is 4.72 Å². The van der Waals surface area contributed by atoms with Gasteiger partial charge >= 0.3 is 0 Å². The molecule has 0 aliphatic carbocycles. The lowest BCUT2D eigenvalue weighted by Gasteiger charge is -2.14. The molecule has 0 bridgehead atoms. The minimum Gasteiger partial charge on any atom is -0.387 e. The van der Waals surface area contributed by atoms with Crippen LogP contribution in [0, 0.1) is 12.7 Å². The third kappa shape index (κ3) is 2.75. The van der Waals surface area contributed by atoms with E-state index in [1.165, 1.54) is 18.2 Å². The molecule has 0 amide bonds. The van der Waals surface area contributed by atoms with Gasteiger partial charge in [0.25, 0.3) is 10.0 Å². The fourth-order valence-corrected chi connectivity index (χ4v) is 3.21.